The number of rotatable bonds is 4. The van der Waals surface area contributed by atoms with E-state index in [0.717, 1.165) is 4.47 Å². The molecule has 0 radical (unpaired) electrons. The molecule has 6 heteroatoms. The van der Waals surface area contributed by atoms with E-state index in [2.05, 4.69) is 21.0 Å². The fourth-order valence-electron chi connectivity index (χ4n) is 2.29. The van der Waals surface area contributed by atoms with Crippen molar-refractivity contribution in [3.05, 3.63) is 52.3 Å². The van der Waals surface area contributed by atoms with Gasteiger partial charge in [-0.2, -0.15) is 5.10 Å². The third kappa shape index (κ3) is 2.27. The lowest BCUT2D eigenvalue weighted by Gasteiger charge is -2.13. The molecule has 2 aromatic rings. The summed E-state index contributed by atoms with van der Waals surface area (Å²) in [5.41, 5.74) is 0.999. The number of hydrogen-bond acceptors (Lipinski definition) is 3. The first kappa shape index (κ1) is 13.1. The van der Waals surface area contributed by atoms with Gasteiger partial charge in [-0.3, -0.25) is 19.2 Å². The molecular weight excluding hydrogens is 322 g/mol. The lowest BCUT2D eigenvalue weighted by Crippen LogP contribution is -2.31. The highest BCUT2D eigenvalue weighted by Crippen LogP contribution is 2.22. The van der Waals surface area contributed by atoms with Gasteiger partial charge in [0.05, 0.1) is 21.8 Å². The summed E-state index contributed by atoms with van der Waals surface area (Å²) < 4.78 is 2.70. The third-order valence-corrected chi connectivity index (χ3v) is 3.66. The van der Waals surface area contributed by atoms with Gasteiger partial charge in [-0.05, 0) is 34.5 Å². The van der Waals surface area contributed by atoms with Crippen molar-refractivity contribution in [2.45, 2.75) is 13.0 Å². The van der Waals surface area contributed by atoms with Crippen molar-refractivity contribution in [2.75, 3.05) is 6.54 Å². The molecule has 0 aliphatic carbocycles. The van der Waals surface area contributed by atoms with E-state index in [0.29, 0.717) is 30.6 Å². The molecule has 1 aromatic carbocycles. The highest BCUT2D eigenvalue weighted by molar-refractivity contribution is 9.10. The SMILES string of the molecule is O=C1c2ccccc2C(=O)N1CCCn1cc(Br)cn1. The minimum atomic E-state index is -0.202. The van der Waals surface area contributed by atoms with E-state index in [1.807, 2.05) is 6.20 Å². The number of carbonyl (C=O) groups excluding carboxylic acids is 2. The van der Waals surface area contributed by atoms with Crippen molar-refractivity contribution >= 4 is 27.7 Å². The fourth-order valence-corrected chi connectivity index (χ4v) is 2.62. The summed E-state index contributed by atoms with van der Waals surface area (Å²) in [7, 11) is 0. The number of fused-ring (bicyclic) bond motifs is 1. The summed E-state index contributed by atoms with van der Waals surface area (Å²) in [4.78, 5) is 25.6. The van der Waals surface area contributed by atoms with Crippen molar-refractivity contribution in [1.82, 2.24) is 14.7 Å². The smallest absolute Gasteiger partial charge is 0.261 e. The largest absolute Gasteiger partial charge is 0.274 e. The maximum absolute atomic E-state index is 12.1. The van der Waals surface area contributed by atoms with E-state index in [1.54, 1.807) is 35.1 Å². The van der Waals surface area contributed by atoms with Crippen LogP contribution in [0.1, 0.15) is 27.1 Å². The van der Waals surface area contributed by atoms with Gasteiger partial charge in [0.15, 0.2) is 0 Å². The van der Waals surface area contributed by atoms with Crippen LogP contribution in [-0.4, -0.2) is 33.0 Å². The molecule has 1 aliphatic heterocycles. The first-order chi connectivity index (χ1) is 9.66. The quantitative estimate of drug-likeness (QED) is 0.807. The molecule has 0 spiro atoms. The standard InChI is InChI=1S/C14H12BrN3O2/c15-10-8-16-17(9-10)6-3-7-18-13(19)11-4-1-2-5-12(11)14(18)20/h1-2,4-5,8-9H,3,6-7H2. The zero-order valence-electron chi connectivity index (χ0n) is 10.6. The number of halogens is 1. The molecule has 0 unspecified atom stereocenters. The molecule has 0 fully saturated rings. The van der Waals surface area contributed by atoms with Crippen LogP contribution in [0, 0.1) is 0 Å². The normalized spacial score (nSPS) is 13.9. The van der Waals surface area contributed by atoms with Crippen LogP contribution in [0.3, 0.4) is 0 Å². The Morgan fingerprint density at radius 3 is 2.25 bits per heavy atom. The van der Waals surface area contributed by atoms with E-state index < -0.39 is 0 Å². The van der Waals surface area contributed by atoms with Crippen molar-refractivity contribution in [3.63, 3.8) is 0 Å². The second-order valence-electron chi connectivity index (χ2n) is 4.58. The predicted octanol–water partition coefficient (Wildman–Crippen LogP) is 2.33. The van der Waals surface area contributed by atoms with Crippen LogP contribution in [0.4, 0.5) is 0 Å². The molecule has 1 aromatic heterocycles. The van der Waals surface area contributed by atoms with Crippen LogP contribution in [0.15, 0.2) is 41.1 Å². The van der Waals surface area contributed by atoms with E-state index >= 15 is 0 Å². The lowest BCUT2D eigenvalue weighted by molar-refractivity contribution is 0.0650. The molecule has 3 rings (SSSR count). The van der Waals surface area contributed by atoms with Gasteiger partial charge in [-0.1, -0.05) is 12.1 Å². The van der Waals surface area contributed by atoms with Crippen molar-refractivity contribution in [2.24, 2.45) is 0 Å². The zero-order chi connectivity index (χ0) is 14.1. The Hall–Kier alpha value is -1.95. The molecule has 20 heavy (non-hydrogen) atoms. The molecule has 0 bridgehead atoms. The number of imide groups is 1. The van der Waals surface area contributed by atoms with Gasteiger partial charge >= 0.3 is 0 Å². The molecule has 2 amide bonds. The summed E-state index contributed by atoms with van der Waals surface area (Å²) in [5, 5.41) is 4.14. The maximum atomic E-state index is 12.1. The number of hydrogen-bond donors (Lipinski definition) is 0. The topological polar surface area (TPSA) is 55.2 Å². The molecule has 0 saturated carbocycles. The van der Waals surface area contributed by atoms with E-state index in [9.17, 15) is 9.59 Å². The summed E-state index contributed by atoms with van der Waals surface area (Å²) in [6, 6.07) is 6.93. The summed E-state index contributed by atoms with van der Waals surface area (Å²) in [6.07, 6.45) is 4.25. The van der Waals surface area contributed by atoms with E-state index in [1.165, 1.54) is 4.90 Å². The minimum absolute atomic E-state index is 0.202. The minimum Gasteiger partial charge on any atom is -0.274 e. The number of carbonyl (C=O) groups is 2. The second kappa shape index (κ2) is 5.20. The van der Waals surface area contributed by atoms with Gasteiger partial charge in [0, 0.05) is 19.3 Å². The zero-order valence-corrected chi connectivity index (χ0v) is 12.2. The Morgan fingerprint density at radius 2 is 1.70 bits per heavy atom. The highest BCUT2D eigenvalue weighted by Gasteiger charge is 2.34. The first-order valence-electron chi connectivity index (χ1n) is 6.30. The molecule has 2 heterocycles. The summed E-state index contributed by atoms with van der Waals surface area (Å²) >= 11 is 3.33. The van der Waals surface area contributed by atoms with Gasteiger partial charge in [-0.15, -0.1) is 0 Å². The molecular formula is C14H12BrN3O2. The Kier molecular flexibility index (Phi) is 3.40. The number of amides is 2. The molecule has 0 N–H and O–H groups in total. The molecule has 0 atom stereocenters. The Bertz CT molecular complexity index is 646. The summed E-state index contributed by atoms with van der Waals surface area (Å²) in [6.45, 7) is 1.07. The van der Waals surface area contributed by atoms with Crippen molar-refractivity contribution < 1.29 is 9.59 Å². The average Bonchev–Trinajstić information content (AvgIpc) is 2.97. The molecule has 1 aliphatic rings. The summed E-state index contributed by atoms with van der Waals surface area (Å²) in [5.74, 6) is -0.403. The van der Waals surface area contributed by atoms with Crippen LogP contribution in [0.2, 0.25) is 0 Å². The van der Waals surface area contributed by atoms with Gasteiger partial charge in [0.2, 0.25) is 0 Å². The van der Waals surface area contributed by atoms with E-state index in [4.69, 9.17) is 0 Å². The Labute approximate surface area is 124 Å². The number of nitrogens with zero attached hydrogens (tertiary/aromatic N) is 3. The monoisotopic (exact) mass is 333 g/mol. The third-order valence-electron chi connectivity index (χ3n) is 3.25. The van der Waals surface area contributed by atoms with Crippen molar-refractivity contribution in [1.29, 1.82) is 0 Å². The molecule has 0 saturated heterocycles. The highest BCUT2D eigenvalue weighted by atomic mass is 79.9. The Morgan fingerprint density at radius 1 is 1.05 bits per heavy atom. The average molecular weight is 334 g/mol. The van der Waals surface area contributed by atoms with Crippen LogP contribution in [0.5, 0.6) is 0 Å². The molecule has 102 valence electrons. The Balaban J connectivity index is 1.65. The van der Waals surface area contributed by atoms with Gasteiger partial charge in [-0.25, -0.2) is 0 Å². The van der Waals surface area contributed by atoms with Crippen molar-refractivity contribution in [3.8, 4) is 0 Å². The predicted molar refractivity (Wildman–Crippen MR) is 76.4 cm³/mol. The molecule has 5 nitrogen and oxygen atoms in total. The van der Waals surface area contributed by atoms with Crippen LogP contribution < -0.4 is 0 Å². The fraction of sp³-hybridized carbons (Fsp3) is 0.214. The second-order valence-corrected chi connectivity index (χ2v) is 5.50. The van der Waals surface area contributed by atoms with Crippen LogP contribution in [0.25, 0.3) is 0 Å². The first-order valence-corrected chi connectivity index (χ1v) is 7.09. The number of benzene rings is 1. The van der Waals surface area contributed by atoms with Gasteiger partial charge in [0.1, 0.15) is 0 Å². The van der Waals surface area contributed by atoms with Crippen LogP contribution >= 0.6 is 15.9 Å². The van der Waals surface area contributed by atoms with Gasteiger partial charge < -0.3 is 0 Å². The van der Waals surface area contributed by atoms with Gasteiger partial charge in [0.25, 0.3) is 11.8 Å². The maximum Gasteiger partial charge on any atom is 0.261 e. The van der Waals surface area contributed by atoms with E-state index in [-0.39, 0.29) is 11.8 Å². The lowest BCUT2D eigenvalue weighted by atomic mass is 10.1. The number of aryl methyl sites for hydroxylation is 1. The van der Waals surface area contributed by atoms with Crippen LogP contribution in [-0.2, 0) is 6.54 Å². The number of aromatic nitrogens is 2.